The van der Waals surface area contributed by atoms with Gasteiger partial charge in [0.15, 0.2) is 0 Å². The third-order valence-corrected chi connectivity index (χ3v) is 5.62. The number of ether oxygens (including phenoxy) is 1. The van der Waals surface area contributed by atoms with E-state index in [-0.39, 0.29) is 23.8 Å². The summed E-state index contributed by atoms with van der Waals surface area (Å²) in [5.74, 6) is -0.364. The summed E-state index contributed by atoms with van der Waals surface area (Å²) in [5, 5.41) is 10.7. The van der Waals surface area contributed by atoms with Gasteiger partial charge in [0, 0.05) is 35.8 Å². The van der Waals surface area contributed by atoms with Gasteiger partial charge < -0.3 is 14.2 Å². The second-order valence-electron chi connectivity index (χ2n) is 7.61. The lowest BCUT2D eigenvalue weighted by Gasteiger charge is -2.25. The van der Waals surface area contributed by atoms with Crippen molar-refractivity contribution >= 4 is 29.2 Å². The molecule has 1 atom stereocenters. The summed E-state index contributed by atoms with van der Waals surface area (Å²) in [6.07, 6.45) is -2.44. The standard InChI is InChI=1S/C21H16ClF3N6O3/c22-14-6-3-12(4-7-14)18-15(30-9-1-2-17(30)32)11-31(28-18)20-27-19(34-29-20)13-5-8-16(26-10-13)33-21(23,24)25/h3-8,10,15H,1-2,9,11H2. The van der Waals surface area contributed by atoms with Gasteiger partial charge >= 0.3 is 6.36 Å². The van der Waals surface area contributed by atoms with Crippen LogP contribution in [0, 0.1) is 0 Å². The molecule has 0 aliphatic carbocycles. The number of likely N-dealkylation sites (tertiary alicyclic amines) is 1. The largest absolute Gasteiger partial charge is 0.574 e. The monoisotopic (exact) mass is 492 g/mol. The van der Waals surface area contributed by atoms with Crippen molar-refractivity contribution in [1.29, 1.82) is 0 Å². The van der Waals surface area contributed by atoms with Gasteiger partial charge in [-0.15, -0.1) is 13.2 Å². The predicted octanol–water partition coefficient (Wildman–Crippen LogP) is 3.90. The van der Waals surface area contributed by atoms with Gasteiger partial charge in [0.25, 0.3) is 11.8 Å². The number of alkyl halides is 3. The van der Waals surface area contributed by atoms with E-state index in [0.29, 0.717) is 35.8 Å². The molecule has 5 rings (SSSR count). The van der Waals surface area contributed by atoms with E-state index < -0.39 is 12.2 Å². The molecule has 0 spiro atoms. The summed E-state index contributed by atoms with van der Waals surface area (Å²) in [6.45, 7) is 0.943. The number of anilines is 1. The zero-order valence-electron chi connectivity index (χ0n) is 17.4. The van der Waals surface area contributed by atoms with E-state index in [1.54, 1.807) is 17.0 Å². The molecule has 1 fully saturated rings. The van der Waals surface area contributed by atoms with Crippen molar-refractivity contribution in [2.24, 2.45) is 5.10 Å². The zero-order chi connectivity index (χ0) is 23.9. The molecule has 176 valence electrons. The average molecular weight is 493 g/mol. The highest BCUT2D eigenvalue weighted by Gasteiger charge is 2.39. The number of nitrogens with zero attached hydrogens (tertiary/aromatic N) is 6. The van der Waals surface area contributed by atoms with Crippen LogP contribution in [0.3, 0.4) is 0 Å². The van der Waals surface area contributed by atoms with Crippen molar-refractivity contribution in [2.45, 2.75) is 25.2 Å². The number of aromatic nitrogens is 3. The normalized spacial score (nSPS) is 18.5. The molecule has 3 aromatic rings. The third kappa shape index (κ3) is 4.53. The summed E-state index contributed by atoms with van der Waals surface area (Å²) in [6, 6.07) is 9.22. The number of halogens is 4. The Morgan fingerprint density at radius 2 is 1.88 bits per heavy atom. The van der Waals surface area contributed by atoms with Gasteiger partial charge in [0.05, 0.1) is 23.9 Å². The van der Waals surface area contributed by atoms with Crippen molar-refractivity contribution in [3.8, 4) is 17.3 Å². The van der Waals surface area contributed by atoms with Crippen LogP contribution in [0.5, 0.6) is 5.88 Å². The van der Waals surface area contributed by atoms with E-state index in [1.165, 1.54) is 11.1 Å². The Balaban J connectivity index is 1.40. The third-order valence-electron chi connectivity index (χ3n) is 5.37. The Morgan fingerprint density at radius 3 is 2.53 bits per heavy atom. The van der Waals surface area contributed by atoms with Crippen molar-refractivity contribution < 1.29 is 27.2 Å². The van der Waals surface area contributed by atoms with Crippen LogP contribution in [0.25, 0.3) is 11.5 Å². The minimum atomic E-state index is -4.84. The molecule has 1 saturated heterocycles. The molecular weight excluding hydrogens is 477 g/mol. The molecule has 1 amide bonds. The lowest BCUT2D eigenvalue weighted by atomic mass is 10.0. The number of rotatable bonds is 5. The van der Waals surface area contributed by atoms with Crippen molar-refractivity contribution in [3.05, 3.63) is 53.2 Å². The molecule has 0 radical (unpaired) electrons. The molecule has 0 N–H and O–H groups in total. The van der Waals surface area contributed by atoms with Crippen molar-refractivity contribution in [2.75, 3.05) is 18.1 Å². The Bertz CT molecular complexity index is 1230. The van der Waals surface area contributed by atoms with Crippen LogP contribution in [0.4, 0.5) is 19.1 Å². The number of carbonyl (C=O) groups excluding carboxylic acids is 1. The summed E-state index contributed by atoms with van der Waals surface area (Å²) in [5.41, 5.74) is 1.79. The average Bonchev–Trinajstić information content (AvgIpc) is 3.53. The first-order chi connectivity index (χ1) is 16.3. The number of amides is 1. The lowest BCUT2D eigenvalue weighted by Crippen LogP contribution is -2.44. The molecule has 2 aliphatic rings. The number of hydrogen-bond donors (Lipinski definition) is 0. The topological polar surface area (TPSA) is 97.0 Å². The second kappa shape index (κ2) is 8.60. The summed E-state index contributed by atoms with van der Waals surface area (Å²) < 4.78 is 46.0. The highest BCUT2D eigenvalue weighted by atomic mass is 35.5. The van der Waals surface area contributed by atoms with E-state index >= 15 is 0 Å². The minimum absolute atomic E-state index is 0.0463. The Labute approximate surface area is 195 Å². The van der Waals surface area contributed by atoms with E-state index in [0.717, 1.165) is 24.2 Å². The van der Waals surface area contributed by atoms with Gasteiger partial charge in [-0.25, -0.2) is 9.99 Å². The van der Waals surface area contributed by atoms with Gasteiger partial charge in [-0.1, -0.05) is 23.7 Å². The summed E-state index contributed by atoms with van der Waals surface area (Å²) in [7, 11) is 0. The van der Waals surface area contributed by atoms with Crippen LogP contribution < -0.4 is 9.75 Å². The van der Waals surface area contributed by atoms with E-state index in [9.17, 15) is 18.0 Å². The van der Waals surface area contributed by atoms with Crippen LogP contribution in [0.2, 0.25) is 5.02 Å². The van der Waals surface area contributed by atoms with E-state index in [1.807, 2.05) is 12.1 Å². The number of hydrazone groups is 1. The van der Waals surface area contributed by atoms with Crippen LogP contribution in [-0.2, 0) is 4.79 Å². The van der Waals surface area contributed by atoms with Crippen molar-refractivity contribution in [3.63, 3.8) is 0 Å². The first-order valence-corrected chi connectivity index (χ1v) is 10.6. The maximum absolute atomic E-state index is 12.4. The van der Waals surface area contributed by atoms with Crippen LogP contribution in [-0.4, -0.2) is 57.1 Å². The highest BCUT2D eigenvalue weighted by molar-refractivity contribution is 6.30. The molecule has 9 nitrogen and oxygen atoms in total. The van der Waals surface area contributed by atoms with Gasteiger partial charge in [0.1, 0.15) is 0 Å². The summed E-state index contributed by atoms with van der Waals surface area (Å²) >= 11 is 6.02. The van der Waals surface area contributed by atoms with E-state index in [4.69, 9.17) is 16.1 Å². The molecule has 1 unspecified atom stereocenters. The van der Waals surface area contributed by atoms with Gasteiger partial charge in [-0.05, 0) is 29.8 Å². The fourth-order valence-corrected chi connectivity index (χ4v) is 3.98. The van der Waals surface area contributed by atoms with Crippen molar-refractivity contribution in [1.82, 2.24) is 20.0 Å². The number of carbonyl (C=O) groups is 1. The molecule has 0 bridgehead atoms. The fourth-order valence-electron chi connectivity index (χ4n) is 3.85. The van der Waals surface area contributed by atoms with Crippen LogP contribution >= 0.6 is 11.6 Å². The molecule has 4 heterocycles. The molecular formula is C21H16ClF3N6O3. The first kappa shape index (κ1) is 22.1. The van der Waals surface area contributed by atoms with Gasteiger partial charge in [-0.2, -0.15) is 10.1 Å². The molecule has 34 heavy (non-hydrogen) atoms. The van der Waals surface area contributed by atoms with E-state index in [2.05, 4.69) is 25.0 Å². The number of benzene rings is 1. The maximum atomic E-state index is 12.4. The predicted molar refractivity (Wildman–Crippen MR) is 114 cm³/mol. The summed E-state index contributed by atoms with van der Waals surface area (Å²) in [4.78, 5) is 22.1. The first-order valence-electron chi connectivity index (χ1n) is 10.2. The second-order valence-corrected chi connectivity index (χ2v) is 8.05. The maximum Gasteiger partial charge on any atom is 0.574 e. The lowest BCUT2D eigenvalue weighted by molar-refractivity contribution is -0.276. The SMILES string of the molecule is O=C1CCCN1C1CN(c2noc(-c3ccc(OC(F)(F)F)nc3)n2)N=C1c1ccc(Cl)cc1. The Morgan fingerprint density at radius 1 is 1.12 bits per heavy atom. The van der Waals surface area contributed by atoms with Gasteiger partial charge in [0.2, 0.25) is 11.8 Å². The van der Waals surface area contributed by atoms with Crippen LogP contribution in [0.15, 0.2) is 52.2 Å². The molecule has 13 heteroatoms. The smallest absolute Gasteiger partial charge is 0.388 e. The Kier molecular flexibility index (Phi) is 5.60. The van der Waals surface area contributed by atoms with Gasteiger partial charge in [-0.3, -0.25) is 4.79 Å². The highest BCUT2D eigenvalue weighted by Crippen LogP contribution is 2.29. The number of hydrogen-bond acceptors (Lipinski definition) is 8. The molecule has 1 aromatic carbocycles. The molecule has 0 saturated carbocycles. The molecule has 2 aliphatic heterocycles. The Hall–Kier alpha value is -3.67. The fraction of sp³-hybridized carbons (Fsp3) is 0.286. The molecule has 2 aromatic heterocycles. The number of pyridine rings is 1. The quantitative estimate of drug-likeness (QED) is 0.533. The zero-order valence-corrected chi connectivity index (χ0v) is 18.1. The minimum Gasteiger partial charge on any atom is -0.388 e. The van der Waals surface area contributed by atoms with Crippen LogP contribution in [0.1, 0.15) is 18.4 Å².